The number of halogens is 4. The Morgan fingerprint density at radius 3 is 2.42 bits per heavy atom. The van der Waals surface area contributed by atoms with Gasteiger partial charge < -0.3 is 11.1 Å². The van der Waals surface area contributed by atoms with E-state index in [0.29, 0.717) is 5.82 Å². The molecule has 1 aromatic heterocycles. The number of nitrogens with two attached hydrogens (primary N) is 1. The molecule has 19 heavy (non-hydrogen) atoms. The maximum absolute atomic E-state index is 13.7. The molecule has 0 aliphatic carbocycles. The van der Waals surface area contributed by atoms with Crippen LogP contribution in [0.3, 0.4) is 0 Å². The minimum Gasteiger partial charge on any atom is -0.393 e. The van der Waals surface area contributed by atoms with E-state index < -0.39 is 11.6 Å². The third-order valence-corrected chi connectivity index (χ3v) is 3.01. The fourth-order valence-corrected chi connectivity index (χ4v) is 2.04. The predicted octanol–water partition coefficient (Wildman–Crippen LogP) is 3.80. The predicted molar refractivity (Wildman–Crippen MR) is 73.5 cm³/mol. The van der Waals surface area contributed by atoms with Crippen LogP contribution in [0, 0.1) is 18.6 Å². The van der Waals surface area contributed by atoms with Crippen molar-refractivity contribution in [2.45, 2.75) is 6.92 Å². The number of benzene rings is 1. The molecule has 4 nitrogen and oxygen atoms in total. The molecule has 0 aliphatic rings. The van der Waals surface area contributed by atoms with Crippen LogP contribution < -0.4 is 11.1 Å². The van der Waals surface area contributed by atoms with Crippen LogP contribution in [-0.2, 0) is 0 Å². The number of aryl methyl sites for hydroxylation is 1. The fraction of sp³-hybridized carbons (Fsp3) is 0.0909. The van der Waals surface area contributed by atoms with Gasteiger partial charge in [-0.3, -0.25) is 0 Å². The van der Waals surface area contributed by atoms with Crippen LogP contribution in [0.25, 0.3) is 0 Å². The fourth-order valence-electron chi connectivity index (χ4n) is 1.42. The van der Waals surface area contributed by atoms with Crippen molar-refractivity contribution in [2.24, 2.45) is 0 Å². The van der Waals surface area contributed by atoms with Gasteiger partial charge in [-0.15, -0.1) is 0 Å². The van der Waals surface area contributed by atoms with Crippen LogP contribution in [0.2, 0.25) is 5.15 Å². The summed E-state index contributed by atoms with van der Waals surface area (Å²) in [5.74, 6) is -1.17. The highest BCUT2D eigenvalue weighted by Gasteiger charge is 2.15. The van der Waals surface area contributed by atoms with E-state index in [1.807, 2.05) is 0 Å². The average Bonchev–Trinajstić information content (AvgIpc) is 2.29. The van der Waals surface area contributed by atoms with E-state index in [2.05, 4.69) is 31.2 Å². The van der Waals surface area contributed by atoms with Gasteiger partial charge in [-0.25, -0.2) is 18.7 Å². The average molecular weight is 350 g/mol. The van der Waals surface area contributed by atoms with Gasteiger partial charge in [0.25, 0.3) is 0 Å². The number of aromatic nitrogens is 2. The number of nitrogens with zero attached hydrogens (tertiary/aromatic N) is 2. The van der Waals surface area contributed by atoms with Gasteiger partial charge in [0.2, 0.25) is 0 Å². The molecule has 0 saturated carbocycles. The Hall–Kier alpha value is -1.47. The molecule has 0 saturated heterocycles. The minimum atomic E-state index is -0.779. The third kappa shape index (κ3) is 2.93. The molecule has 0 spiro atoms. The quantitative estimate of drug-likeness (QED) is 0.809. The molecule has 0 fully saturated rings. The second-order valence-electron chi connectivity index (χ2n) is 3.69. The van der Waals surface area contributed by atoms with Gasteiger partial charge in [0, 0.05) is 4.47 Å². The van der Waals surface area contributed by atoms with Gasteiger partial charge in [-0.1, -0.05) is 27.5 Å². The van der Waals surface area contributed by atoms with Crippen LogP contribution in [0.1, 0.15) is 5.82 Å². The molecule has 0 amide bonds. The lowest BCUT2D eigenvalue weighted by atomic mass is 10.3. The number of hydrogen-bond donors (Lipinski definition) is 2. The van der Waals surface area contributed by atoms with Crippen molar-refractivity contribution in [2.75, 3.05) is 11.1 Å². The van der Waals surface area contributed by atoms with E-state index in [-0.39, 0.29) is 26.8 Å². The van der Waals surface area contributed by atoms with Gasteiger partial charge in [-0.2, -0.15) is 0 Å². The van der Waals surface area contributed by atoms with Crippen LogP contribution >= 0.6 is 27.5 Å². The first kappa shape index (κ1) is 14.0. The maximum Gasteiger partial charge on any atom is 0.159 e. The van der Waals surface area contributed by atoms with E-state index in [0.717, 1.165) is 12.1 Å². The molecule has 0 unspecified atom stereocenters. The van der Waals surface area contributed by atoms with Crippen molar-refractivity contribution in [3.8, 4) is 0 Å². The molecular weight excluding hydrogens is 342 g/mol. The zero-order valence-corrected chi connectivity index (χ0v) is 12.0. The first-order valence-electron chi connectivity index (χ1n) is 5.09. The smallest absolute Gasteiger partial charge is 0.159 e. The molecule has 2 rings (SSSR count). The monoisotopic (exact) mass is 348 g/mol. The summed E-state index contributed by atoms with van der Waals surface area (Å²) in [5.41, 5.74) is 5.32. The van der Waals surface area contributed by atoms with Crippen molar-refractivity contribution in [3.63, 3.8) is 0 Å². The lowest BCUT2D eigenvalue weighted by molar-refractivity contribution is 0.589. The molecule has 1 heterocycles. The Labute approximate surface area is 121 Å². The van der Waals surface area contributed by atoms with Gasteiger partial charge in [0.05, 0.1) is 0 Å². The van der Waals surface area contributed by atoms with E-state index >= 15 is 0 Å². The minimum absolute atomic E-state index is 0.0212. The highest BCUT2D eigenvalue weighted by Crippen LogP contribution is 2.30. The zero-order chi connectivity index (χ0) is 14.2. The number of hydrogen-bond acceptors (Lipinski definition) is 4. The summed E-state index contributed by atoms with van der Waals surface area (Å²) >= 11 is 8.77. The van der Waals surface area contributed by atoms with Crippen LogP contribution in [-0.4, -0.2) is 9.97 Å². The Kier molecular flexibility index (Phi) is 3.86. The third-order valence-electron chi connectivity index (χ3n) is 2.26. The standard InChI is InChI=1S/C11H8BrClF2N4/c1-4-17-10(13)8(16)11(18-4)19-9-6(14)2-5(12)3-7(9)15/h2-3H,16H2,1H3,(H,17,18,19). The Balaban J connectivity index is 2.48. The van der Waals surface area contributed by atoms with Gasteiger partial charge in [0.1, 0.15) is 17.2 Å². The summed E-state index contributed by atoms with van der Waals surface area (Å²) < 4.78 is 27.6. The summed E-state index contributed by atoms with van der Waals surface area (Å²) in [5, 5.41) is 2.51. The van der Waals surface area contributed by atoms with E-state index in [4.69, 9.17) is 17.3 Å². The highest BCUT2D eigenvalue weighted by molar-refractivity contribution is 9.10. The van der Waals surface area contributed by atoms with Crippen LogP contribution in [0.4, 0.5) is 26.0 Å². The summed E-state index contributed by atoms with van der Waals surface area (Å²) in [6, 6.07) is 2.24. The van der Waals surface area contributed by atoms with Crippen molar-refractivity contribution in [1.82, 2.24) is 9.97 Å². The summed E-state index contributed by atoms with van der Waals surface area (Å²) in [6.45, 7) is 1.59. The molecule has 0 atom stereocenters. The first-order chi connectivity index (χ1) is 8.88. The van der Waals surface area contributed by atoms with E-state index in [9.17, 15) is 8.78 Å². The molecule has 2 aromatic rings. The summed E-state index contributed by atoms with van der Waals surface area (Å²) in [4.78, 5) is 7.79. The Bertz CT molecular complexity index is 628. The number of anilines is 3. The maximum atomic E-state index is 13.7. The lowest BCUT2D eigenvalue weighted by Crippen LogP contribution is -2.06. The molecule has 8 heteroatoms. The molecular formula is C11H8BrClF2N4. The van der Waals surface area contributed by atoms with Crippen molar-refractivity contribution in [1.29, 1.82) is 0 Å². The lowest BCUT2D eigenvalue weighted by Gasteiger charge is -2.11. The largest absolute Gasteiger partial charge is 0.393 e. The summed E-state index contributed by atoms with van der Waals surface area (Å²) in [7, 11) is 0. The van der Waals surface area contributed by atoms with Gasteiger partial charge in [0.15, 0.2) is 22.6 Å². The second-order valence-corrected chi connectivity index (χ2v) is 4.97. The summed E-state index contributed by atoms with van der Waals surface area (Å²) in [6.07, 6.45) is 0. The topological polar surface area (TPSA) is 63.8 Å². The normalized spacial score (nSPS) is 10.6. The van der Waals surface area contributed by atoms with Crippen molar-refractivity contribution >= 4 is 44.7 Å². The first-order valence-corrected chi connectivity index (χ1v) is 6.26. The van der Waals surface area contributed by atoms with Crippen LogP contribution in [0.15, 0.2) is 16.6 Å². The van der Waals surface area contributed by atoms with Gasteiger partial charge >= 0.3 is 0 Å². The van der Waals surface area contributed by atoms with Gasteiger partial charge in [-0.05, 0) is 19.1 Å². The second kappa shape index (κ2) is 5.26. The molecule has 100 valence electrons. The Morgan fingerprint density at radius 1 is 1.26 bits per heavy atom. The molecule has 0 bridgehead atoms. The van der Waals surface area contributed by atoms with Crippen LogP contribution in [0.5, 0.6) is 0 Å². The van der Waals surface area contributed by atoms with E-state index in [1.165, 1.54) is 0 Å². The number of nitrogen functional groups attached to an aromatic ring is 1. The number of nitrogens with one attached hydrogen (secondary N) is 1. The van der Waals surface area contributed by atoms with Crippen molar-refractivity contribution < 1.29 is 8.78 Å². The number of rotatable bonds is 2. The SMILES string of the molecule is Cc1nc(Cl)c(N)c(Nc2c(F)cc(Br)cc2F)n1. The van der Waals surface area contributed by atoms with Crippen molar-refractivity contribution in [3.05, 3.63) is 39.2 Å². The molecule has 0 radical (unpaired) electrons. The zero-order valence-electron chi connectivity index (χ0n) is 9.64. The molecule has 1 aromatic carbocycles. The van der Waals surface area contributed by atoms with E-state index in [1.54, 1.807) is 6.92 Å². The molecule has 3 N–H and O–H groups in total. The molecule has 0 aliphatic heterocycles. The highest BCUT2D eigenvalue weighted by atomic mass is 79.9. The Morgan fingerprint density at radius 2 is 1.84 bits per heavy atom.